The van der Waals surface area contributed by atoms with Gasteiger partial charge in [-0.2, -0.15) is 0 Å². The van der Waals surface area contributed by atoms with Gasteiger partial charge in [0.1, 0.15) is 12.2 Å². The van der Waals surface area contributed by atoms with E-state index < -0.39 is 0 Å². The van der Waals surface area contributed by atoms with Crippen LogP contribution in [0.5, 0.6) is 0 Å². The van der Waals surface area contributed by atoms with Crippen molar-refractivity contribution < 1.29 is 19.1 Å². The summed E-state index contributed by atoms with van der Waals surface area (Å²) in [6.45, 7) is 4.53. The van der Waals surface area contributed by atoms with Gasteiger partial charge in [0, 0.05) is 11.8 Å². The van der Waals surface area contributed by atoms with E-state index >= 15 is 0 Å². The number of carbonyl (C=O) groups excluding carboxylic acids is 2. The third kappa shape index (κ3) is 1.00. The van der Waals surface area contributed by atoms with Crippen LogP contribution in [0.2, 0.25) is 0 Å². The Balaban J connectivity index is 1.45. The van der Waals surface area contributed by atoms with Gasteiger partial charge in [-0.05, 0) is 86.9 Å². The second-order valence-corrected chi connectivity index (χ2v) is 11.3. The number of hydrogen-bond acceptors (Lipinski definition) is 4. The van der Waals surface area contributed by atoms with Crippen LogP contribution in [0.1, 0.15) is 39.5 Å². The summed E-state index contributed by atoms with van der Waals surface area (Å²) < 4.78 is 12.3. The van der Waals surface area contributed by atoms with Crippen LogP contribution >= 0.6 is 0 Å². The minimum Gasteiger partial charge on any atom is -0.462 e. The monoisotopic (exact) mass is 354 g/mol. The lowest BCUT2D eigenvalue weighted by atomic mass is 9.61. The van der Waals surface area contributed by atoms with E-state index in [9.17, 15) is 9.59 Å². The van der Waals surface area contributed by atoms with Crippen LogP contribution in [0.4, 0.5) is 0 Å². The van der Waals surface area contributed by atoms with Crippen LogP contribution in [-0.2, 0) is 19.1 Å². The molecule has 138 valence electrons. The van der Waals surface area contributed by atoms with Gasteiger partial charge in [0.15, 0.2) is 0 Å². The predicted molar refractivity (Wildman–Crippen MR) is 89.3 cm³/mol. The van der Waals surface area contributed by atoms with Gasteiger partial charge in [-0.1, -0.05) is 0 Å². The predicted octanol–water partition coefficient (Wildman–Crippen LogP) is 2.65. The van der Waals surface area contributed by atoms with Crippen molar-refractivity contribution in [1.82, 2.24) is 0 Å². The van der Waals surface area contributed by atoms with E-state index in [1.54, 1.807) is 0 Å². The molecule has 0 aromatic carbocycles. The molecule has 0 amide bonds. The van der Waals surface area contributed by atoms with E-state index in [2.05, 4.69) is 13.8 Å². The molecule has 26 heavy (non-hydrogen) atoms. The Bertz CT molecular complexity index is 740. The Labute approximate surface area is 153 Å². The van der Waals surface area contributed by atoms with E-state index in [1.807, 2.05) is 0 Å². The fraction of sp³-hybridized carbons (Fsp3) is 0.909. The third-order valence-electron chi connectivity index (χ3n) is 11.4. The lowest BCUT2D eigenvalue weighted by molar-refractivity contribution is -0.189. The topological polar surface area (TPSA) is 52.6 Å². The van der Waals surface area contributed by atoms with Gasteiger partial charge in [-0.3, -0.25) is 9.59 Å². The van der Waals surface area contributed by atoms with Crippen molar-refractivity contribution in [3.63, 3.8) is 0 Å². The molecule has 0 unspecified atom stereocenters. The maximum Gasteiger partial charge on any atom is 0.312 e. The van der Waals surface area contributed by atoms with Crippen LogP contribution in [0.15, 0.2) is 0 Å². The van der Waals surface area contributed by atoms with Gasteiger partial charge in [0.05, 0.1) is 10.8 Å². The molecular weight excluding hydrogens is 328 g/mol. The molecule has 6 aliphatic carbocycles. The number of rotatable bonds is 0. The maximum atomic E-state index is 13.4. The van der Waals surface area contributed by atoms with E-state index in [0.29, 0.717) is 59.2 Å². The summed E-state index contributed by atoms with van der Waals surface area (Å²) in [6, 6.07) is 0. The van der Waals surface area contributed by atoms with E-state index in [0.717, 1.165) is 25.7 Å². The molecule has 14 atom stereocenters. The summed E-state index contributed by atoms with van der Waals surface area (Å²) in [7, 11) is 0. The van der Waals surface area contributed by atoms with Crippen LogP contribution < -0.4 is 0 Å². The first-order valence-corrected chi connectivity index (χ1v) is 10.9. The normalized spacial score (nSPS) is 72.7. The number of ether oxygens (including phenoxy) is 2. The van der Waals surface area contributed by atoms with E-state index in [-0.39, 0.29) is 35.0 Å². The Morgan fingerprint density at radius 2 is 1.08 bits per heavy atom. The van der Waals surface area contributed by atoms with Gasteiger partial charge in [-0.25, -0.2) is 0 Å². The fourth-order valence-electron chi connectivity index (χ4n) is 11.4. The van der Waals surface area contributed by atoms with Gasteiger partial charge in [0.25, 0.3) is 0 Å². The number of fused-ring (bicyclic) bond motifs is 4. The van der Waals surface area contributed by atoms with Crippen LogP contribution in [0.25, 0.3) is 0 Å². The summed E-state index contributed by atoms with van der Waals surface area (Å²) in [5.41, 5.74) is -0.593. The molecular formula is C22H26O4. The third-order valence-corrected chi connectivity index (χ3v) is 11.4. The summed E-state index contributed by atoms with van der Waals surface area (Å²) in [5, 5.41) is 0. The molecule has 2 saturated heterocycles. The largest absolute Gasteiger partial charge is 0.462 e. The zero-order chi connectivity index (χ0) is 17.3. The Hall–Kier alpha value is -1.06. The van der Waals surface area contributed by atoms with Crippen molar-refractivity contribution >= 4 is 11.9 Å². The average Bonchev–Trinajstić information content (AvgIpc) is 3.34. The van der Waals surface area contributed by atoms with Crippen molar-refractivity contribution in [2.75, 3.05) is 0 Å². The van der Waals surface area contributed by atoms with E-state index in [4.69, 9.17) is 9.47 Å². The second kappa shape index (κ2) is 3.63. The summed E-state index contributed by atoms with van der Waals surface area (Å²) >= 11 is 0. The maximum absolute atomic E-state index is 13.4. The van der Waals surface area contributed by atoms with Gasteiger partial charge >= 0.3 is 11.9 Å². The van der Waals surface area contributed by atoms with Crippen LogP contribution in [0.3, 0.4) is 0 Å². The zero-order valence-corrected chi connectivity index (χ0v) is 15.4. The smallest absolute Gasteiger partial charge is 0.312 e. The molecule has 2 aliphatic heterocycles. The highest BCUT2D eigenvalue weighted by molar-refractivity contribution is 5.83. The average molecular weight is 354 g/mol. The number of esters is 2. The molecule has 0 radical (unpaired) electrons. The number of carbonyl (C=O) groups is 2. The molecule has 6 saturated carbocycles. The molecule has 4 nitrogen and oxygen atoms in total. The Morgan fingerprint density at radius 3 is 1.50 bits per heavy atom. The standard InChI is InChI=1S/C22H26O4/c1-21-15-7-3-5-10-12(7)18-13(15)14-16(22(18,2)20(24)26-10)8-4-6-9(25-19(21)23)11(8)17(14)21/h7-18H,3-6H2,1-2H3/t7-,8+,9+,10-,11-,12-,13-,14+,15-,16+,17+,18-,21+,22+/m1/s1. The van der Waals surface area contributed by atoms with Crippen molar-refractivity contribution in [2.24, 2.45) is 70.0 Å². The zero-order valence-electron chi connectivity index (χ0n) is 15.4. The van der Waals surface area contributed by atoms with Gasteiger partial charge in [0.2, 0.25) is 0 Å². The summed E-state index contributed by atoms with van der Waals surface area (Å²) in [4.78, 5) is 26.7. The lowest BCUT2D eigenvalue weighted by Gasteiger charge is -2.47. The molecule has 0 spiro atoms. The number of hydrogen-bond donors (Lipinski definition) is 0. The van der Waals surface area contributed by atoms with E-state index in [1.165, 1.54) is 0 Å². The highest BCUT2D eigenvalue weighted by Gasteiger charge is 2.88. The molecule has 0 aromatic heterocycles. The first kappa shape index (κ1) is 14.0. The summed E-state index contributed by atoms with van der Waals surface area (Å²) in [6.07, 6.45) is 4.56. The lowest BCUT2D eigenvalue weighted by Crippen LogP contribution is -2.53. The van der Waals surface area contributed by atoms with Crippen molar-refractivity contribution in [1.29, 1.82) is 0 Å². The molecule has 0 N–H and O–H groups in total. The molecule has 4 heteroatoms. The molecule has 2 heterocycles. The van der Waals surface area contributed by atoms with Gasteiger partial charge in [-0.15, -0.1) is 0 Å². The van der Waals surface area contributed by atoms with Gasteiger partial charge < -0.3 is 9.47 Å². The van der Waals surface area contributed by atoms with Crippen molar-refractivity contribution in [3.8, 4) is 0 Å². The highest BCUT2D eigenvalue weighted by Crippen LogP contribution is 2.86. The van der Waals surface area contributed by atoms with Crippen molar-refractivity contribution in [3.05, 3.63) is 0 Å². The minimum atomic E-state index is -0.297. The minimum absolute atomic E-state index is 0.112. The Kier molecular flexibility index (Phi) is 1.95. The second-order valence-electron chi connectivity index (χ2n) is 11.3. The summed E-state index contributed by atoms with van der Waals surface area (Å²) in [5.74, 6) is 5.35. The van der Waals surface area contributed by atoms with Crippen LogP contribution in [-0.4, -0.2) is 24.1 Å². The first-order valence-electron chi connectivity index (χ1n) is 10.9. The molecule has 0 aromatic rings. The first-order chi connectivity index (χ1) is 12.5. The highest BCUT2D eigenvalue weighted by atomic mass is 16.6. The Morgan fingerprint density at radius 1 is 0.654 bits per heavy atom. The quantitative estimate of drug-likeness (QED) is 0.628. The molecule has 8 fully saturated rings. The SMILES string of the molecule is C[C@@]12C(=O)O[C@H]3CC[C@H]4[C@H]3[C@H]1[C@H]1[C@H]3[C@H]5[C@@H]6[C@@H](CC[C@H]6OC(=O)[C@@]5(C)[C@@H]41)[C@H]32. The fourth-order valence-corrected chi connectivity index (χ4v) is 11.4. The molecule has 8 rings (SSSR count). The molecule has 8 aliphatic rings. The van der Waals surface area contributed by atoms with Crippen LogP contribution in [0, 0.1) is 70.0 Å². The molecule has 0 bridgehead atoms. The van der Waals surface area contributed by atoms with Crippen molar-refractivity contribution in [2.45, 2.75) is 51.7 Å².